The molecule has 1 atom stereocenters. The summed E-state index contributed by atoms with van der Waals surface area (Å²) in [5.41, 5.74) is 1.49. The highest BCUT2D eigenvalue weighted by molar-refractivity contribution is 7.78. The number of carbonyl (C=O) groups excluding carboxylic acids is 1. The first-order chi connectivity index (χ1) is 7.47. The zero-order chi connectivity index (χ0) is 12.3. The first-order valence-corrected chi connectivity index (χ1v) is 6.06. The van der Waals surface area contributed by atoms with E-state index in [-0.39, 0.29) is 5.75 Å². The SMILES string of the molecule is COc1c(CS(=O)O)ccc(C(=O)Cl)c1C. The van der Waals surface area contributed by atoms with Gasteiger partial charge in [0.05, 0.1) is 12.9 Å². The lowest BCUT2D eigenvalue weighted by atomic mass is 10.0. The van der Waals surface area contributed by atoms with E-state index >= 15 is 0 Å². The van der Waals surface area contributed by atoms with Gasteiger partial charge < -0.3 is 9.29 Å². The zero-order valence-electron chi connectivity index (χ0n) is 8.82. The van der Waals surface area contributed by atoms with Crippen molar-refractivity contribution in [1.82, 2.24) is 0 Å². The molecule has 0 spiro atoms. The van der Waals surface area contributed by atoms with E-state index in [2.05, 4.69) is 0 Å². The minimum atomic E-state index is -1.95. The number of hydrogen-bond acceptors (Lipinski definition) is 3. The number of carbonyl (C=O) groups is 1. The predicted octanol–water partition coefficient (Wildman–Crippen LogP) is 2.10. The quantitative estimate of drug-likeness (QED) is 0.667. The molecule has 0 heterocycles. The molecule has 1 aromatic carbocycles. The van der Waals surface area contributed by atoms with Gasteiger partial charge in [0.15, 0.2) is 11.1 Å². The van der Waals surface area contributed by atoms with E-state index in [0.717, 1.165) is 0 Å². The summed E-state index contributed by atoms with van der Waals surface area (Å²) in [5.74, 6) is 0.384. The van der Waals surface area contributed by atoms with Gasteiger partial charge in [-0.05, 0) is 24.6 Å². The van der Waals surface area contributed by atoms with Gasteiger partial charge in [0.2, 0.25) is 0 Å². The van der Waals surface area contributed by atoms with Crippen molar-refractivity contribution >= 4 is 27.9 Å². The van der Waals surface area contributed by atoms with Crippen molar-refractivity contribution in [3.8, 4) is 5.75 Å². The van der Waals surface area contributed by atoms with Crippen LogP contribution in [0.5, 0.6) is 5.75 Å². The van der Waals surface area contributed by atoms with Crippen LogP contribution in [0.4, 0.5) is 0 Å². The van der Waals surface area contributed by atoms with E-state index in [4.69, 9.17) is 20.9 Å². The molecule has 0 aliphatic carbocycles. The number of hydrogen-bond donors (Lipinski definition) is 1. The fraction of sp³-hybridized carbons (Fsp3) is 0.300. The van der Waals surface area contributed by atoms with Crippen LogP contribution in [-0.2, 0) is 16.8 Å². The topological polar surface area (TPSA) is 63.6 Å². The highest BCUT2D eigenvalue weighted by Crippen LogP contribution is 2.28. The third-order valence-corrected chi connectivity index (χ3v) is 2.94. The number of halogens is 1. The van der Waals surface area contributed by atoms with Crippen molar-refractivity contribution < 1.29 is 18.3 Å². The van der Waals surface area contributed by atoms with Gasteiger partial charge in [-0.25, -0.2) is 4.21 Å². The van der Waals surface area contributed by atoms with Crippen LogP contribution in [0.2, 0.25) is 0 Å². The summed E-state index contributed by atoms with van der Waals surface area (Å²) >= 11 is 3.44. The molecule has 0 saturated carbocycles. The normalized spacial score (nSPS) is 12.2. The van der Waals surface area contributed by atoms with Gasteiger partial charge in [0.25, 0.3) is 5.24 Å². The minimum absolute atomic E-state index is 0.0409. The van der Waals surface area contributed by atoms with E-state index in [0.29, 0.717) is 22.4 Å². The zero-order valence-corrected chi connectivity index (χ0v) is 10.4. The first-order valence-electron chi connectivity index (χ1n) is 4.41. The second kappa shape index (κ2) is 5.43. The largest absolute Gasteiger partial charge is 0.496 e. The summed E-state index contributed by atoms with van der Waals surface area (Å²) < 4.78 is 24.7. The maximum atomic E-state index is 11.1. The number of benzene rings is 1. The van der Waals surface area contributed by atoms with E-state index in [1.807, 2.05) is 0 Å². The van der Waals surface area contributed by atoms with E-state index < -0.39 is 16.3 Å². The summed E-state index contributed by atoms with van der Waals surface area (Å²) in [7, 11) is 1.44. The third-order valence-electron chi connectivity index (χ3n) is 2.18. The van der Waals surface area contributed by atoms with Crippen molar-refractivity contribution in [2.24, 2.45) is 0 Å². The van der Waals surface area contributed by atoms with E-state index in [9.17, 15) is 9.00 Å². The van der Waals surface area contributed by atoms with Gasteiger partial charge in [-0.3, -0.25) is 4.79 Å². The summed E-state index contributed by atoms with van der Waals surface area (Å²) in [4.78, 5) is 11.1. The summed E-state index contributed by atoms with van der Waals surface area (Å²) in [6.07, 6.45) is 0. The Kier molecular flexibility index (Phi) is 4.46. The molecule has 1 rings (SSSR count). The fourth-order valence-corrected chi connectivity index (χ4v) is 2.19. The Balaban J connectivity index is 3.29. The maximum Gasteiger partial charge on any atom is 0.252 e. The van der Waals surface area contributed by atoms with Crippen LogP contribution in [0.1, 0.15) is 21.5 Å². The van der Waals surface area contributed by atoms with Crippen LogP contribution in [0.15, 0.2) is 12.1 Å². The number of ether oxygens (including phenoxy) is 1. The smallest absolute Gasteiger partial charge is 0.252 e. The molecule has 0 bridgehead atoms. The molecule has 1 unspecified atom stereocenters. The first kappa shape index (κ1) is 13.2. The van der Waals surface area contributed by atoms with Gasteiger partial charge in [0.1, 0.15) is 5.75 Å². The molecule has 0 aliphatic heterocycles. The Bertz CT molecular complexity index is 445. The summed E-state index contributed by atoms with van der Waals surface area (Å²) in [5, 5.41) is -0.576. The predicted molar refractivity (Wildman–Crippen MR) is 62.4 cm³/mol. The van der Waals surface area contributed by atoms with Crippen LogP contribution in [-0.4, -0.2) is 21.1 Å². The van der Waals surface area contributed by atoms with Crippen molar-refractivity contribution in [2.45, 2.75) is 12.7 Å². The monoisotopic (exact) mass is 262 g/mol. The average molecular weight is 263 g/mol. The van der Waals surface area contributed by atoms with Crippen molar-refractivity contribution in [3.05, 3.63) is 28.8 Å². The van der Waals surface area contributed by atoms with E-state index in [1.54, 1.807) is 13.0 Å². The molecule has 1 aromatic rings. The standard InChI is InChI=1S/C10H11ClO4S/c1-6-8(10(11)12)4-3-7(5-16(13)14)9(6)15-2/h3-4H,5H2,1-2H3,(H,13,14). The lowest BCUT2D eigenvalue weighted by molar-refractivity contribution is 0.108. The Morgan fingerprint density at radius 1 is 1.56 bits per heavy atom. The Labute approximate surface area is 101 Å². The van der Waals surface area contributed by atoms with Crippen LogP contribution in [0, 0.1) is 6.92 Å². The summed E-state index contributed by atoms with van der Waals surface area (Å²) in [6.45, 7) is 1.68. The second-order valence-corrected chi connectivity index (χ2v) is 4.44. The molecular weight excluding hydrogens is 252 g/mol. The second-order valence-electron chi connectivity index (χ2n) is 3.17. The van der Waals surface area contributed by atoms with Gasteiger partial charge in [0, 0.05) is 16.7 Å². The fourth-order valence-electron chi connectivity index (χ4n) is 1.49. The molecule has 16 heavy (non-hydrogen) atoms. The Hall–Kier alpha value is -0.910. The molecule has 1 N–H and O–H groups in total. The lowest BCUT2D eigenvalue weighted by Gasteiger charge is -2.12. The van der Waals surface area contributed by atoms with Gasteiger partial charge in [-0.2, -0.15) is 0 Å². The van der Waals surface area contributed by atoms with Gasteiger partial charge >= 0.3 is 0 Å². The Morgan fingerprint density at radius 3 is 2.62 bits per heavy atom. The highest BCUT2D eigenvalue weighted by atomic mass is 35.5. The van der Waals surface area contributed by atoms with Crippen LogP contribution in [0.25, 0.3) is 0 Å². The van der Waals surface area contributed by atoms with Crippen LogP contribution < -0.4 is 4.74 Å². The summed E-state index contributed by atoms with van der Waals surface area (Å²) in [6, 6.07) is 3.09. The molecule has 0 fully saturated rings. The lowest BCUT2D eigenvalue weighted by Crippen LogP contribution is -2.03. The van der Waals surface area contributed by atoms with Gasteiger partial charge in [-0.1, -0.05) is 6.07 Å². The van der Waals surface area contributed by atoms with Crippen molar-refractivity contribution in [1.29, 1.82) is 0 Å². The molecule has 0 aliphatic rings. The Morgan fingerprint density at radius 2 is 2.19 bits per heavy atom. The van der Waals surface area contributed by atoms with E-state index in [1.165, 1.54) is 13.2 Å². The van der Waals surface area contributed by atoms with Crippen molar-refractivity contribution in [3.63, 3.8) is 0 Å². The van der Waals surface area contributed by atoms with Crippen LogP contribution in [0.3, 0.4) is 0 Å². The van der Waals surface area contributed by atoms with Gasteiger partial charge in [-0.15, -0.1) is 0 Å². The maximum absolute atomic E-state index is 11.1. The molecule has 88 valence electrons. The molecule has 4 nitrogen and oxygen atoms in total. The molecule has 6 heteroatoms. The minimum Gasteiger partial charge on any atom is -0.496 e. The number of rotatable bonds is 4. The average Bonchev–Trinajstić information content (AvgIpc) is 2.16. The molecule has 0 amide bonds. The molecule has 0 saturated heterocycles. The highest BCUT2D eigenvalue weighted by Gasteiger charge is 2.15. The molecule has 0 radical (unpaired) electrons. The number of methoxy groups -OCH3 is 1. The third kappa shape index (κ3) is 2.81. The van der Waals surface area contributed by atoms with Crippen LogP contribution >= 0.6 is 11.6 Å². The molecule has 0 aromatic heterocycles. The van der Waals surface area contributed by atoms with Crippen molar-refractivity contribution in [2.75, 3.05) is 7.11 Å². The molecular formula is C10H11ClO4S.